The van der Waals surface area contributed by atoms with E-state index in [-0.39, 0.29) is 5.75 Å². The maximum atomic E-state index is 12.4. The molecule has 0 bridgehead atoms. The number of hydrogen-bond acceptors (Lipinski definition) is 4. The number of sulfonamides is 1. The van der Waals surface area contributed by atoms with Crippen LogP contribution in [0.1, 0.15) is 25.7 Å². The van der Waals surface area contributed by atoms with Crippen molar-refractivity contribution in [1.29, 1.82) is 0 Å². The highest BCUT2D eigenvalue weighted by Crippen LogP contribution is 2.23. The quantitative estimate of drug-likeness (QED) is 0.873. The fourth-order valence-electron chi connectivity index (χ4n) is 2.57. The van der Waals surface area contributed by atoms with Crippen LogP contribution >= 0.6 is 0 Å². The van der Waals surface area contributed by atoms with Gasteiger partial charge in [0.2, 0.25) is 10.0 Å². The topological polar surface area (TPSA) is 58.6 Å². The monoisotopic (exact) mass is 312 g/mol. The molecule has 1 heterocycles. The van der Waals surface area contributed by atoms with Crippen molar-refractivity contribution in [2.24, 2.45) is 0 Å². The van der Waals surface area contributed by atoms with Gasteiger partial charge in [0.25, 0.3) is 0 Å². The van der Waals surface area contributed by atoms with Crippen LogP contribution in [0.3, 0.4) is 0 Å². The maximum Gasteiger partial charge on any atom is 0.234 e. The molecule has 1 saturated heterocycles. The zero-order chi connectivity index (χ0) is 15.3. The number of rotatable bonds is 6. The number of nitrogens with zero attached hydrogens (tertiary/aromatic N) is 1. The molecule has 118 valence electrons. The van der Waals surface area contributed by atoms with E-state index < -0.39 is 10.0 Å². The molecule has 0 spiro atoms. The second kappa shape index (κ2) is 7.13. The van der Waals surface area contributed by atoms with Crippen LogP contribution in [0, 0.1) is 0 Å². The van der Waals surface area contributed by atoms with Gasteiger partial charge in [-0.05, 0) is 37.9 Å². The molecule has 1 aliphatic heterocycles. The minimum Gasteiger partial charge on any atom is -0.497 e. The Morgan fingerprint density at radius 1 is 1.38 bits per heavy atom. The second-order valence-electron chi connectivity index (χ2n) is 5.42. The molecule has 0 aromatic heterocycles. The highest BCUT2D eigenvalue weighted by Gasteiger charge is 2.22. The van der Waals surface area contributed by atoms with Crippen LogP contribution in [0.4, 0.5) is 5.69 Å². The van der Waals surface area contributed by atoms with E-state index >= 15 is 0 Å². The molecule has 1 aliphatic rings. The highest BCUT2D eigenvalue weighted by atomic mass is 32.2. The molecular weight excluding hydrogens is 288 g/mol. The molecule has 2 rings (SSSR count). The van der Waals surface area contributed by atoms with Gasteiger partial charge in [-0.25, -0.2) is 8.42 Å². The first kappa shape index (κ1) is 16.1. The molecular formula is C15H24N2O3S. The van der Waals surface area contributed by atoms with Crippen molar-refractivity contribution in [2.45, 2.75) is 31.7 Å². The second-order valence-corrected chi connectivity index (χ2v) is 7.54. The van der Waals surface area contributed by atoms with Gasteiger partial charge in [0.05, 0.1) is 18.6 Å². The lowest BCUT2D eigenvalue weighted by molar-refractivity contribution is 0.392. The SMILES string of the molecule is COc1cccc(N(C)S(=O)(=O)CCC2CCCCN2)c1. The van der Waals surface area contributed by atoms with Crippen LogP contribution in [0.15, 0.2) is 24.3 Å². The summed E-state index contributed by atoms with van der Waals surface area (Å²) >= 11 is 0. The molecule has 1 fully saturated rings. The van der Waals surface area contributed by atoms with Crippen molar-refractivity contribution in [2.75, 3.05) is 30.8 Å². The van der Waals surface area contributed by atoms with E-state index in [0.29, 0.717) is 23.9 Å². The van der Waals surface area contributed by atoms with Gasteiger partial charge >= 0.3 is 0 Å². The van der Waals surface area contributed by atoms with E-state index in [0.717, 1.165) is 13.0 Å². The Morgan fingerprint density at radius 2 is 2.19 bits per heavy atom. The number of hydrogen-bond donors (Lipinski definition) is 1. The predicted octanol–water partition coefficient (Wildman–Crippen LogP) is 1.99. The lowest BCUT2D eigenvalue weighted by Crippen LogP contribution is -2.37. The summed E-state index contributed by atoms with van der Waals surface area (Å²) in [6, 6.07) is 7.43. The van der Waals surface area contributed by atoms with Crippen LogP contribution in [-0.2, 0) is 10.0 Å². The summed E-state index contributed by atoms with van der Waals surface area (Å²) < 4.78 is 31.3. The first-order chi connectivity index (χ1) is 10.0. The third-order valence-corrected chi connectivity index (χ3v) is 5.77. The van der Waals surface area contributed by atoms with Crippen molar-refractivity contribution in [3.05, 3.63) is 24.3 Å². The molecule has 5 nitrogen and oxygen atoms in total. The molecule has 1 N–H and O–H groups in total. The summed E-state index contributed by atoms with van der Waals surface area (Å²) in [7, 11) is -0.132. The molecule has 6 heteroatoms. The normalized spacial score (nSPS) is 19.2. The third kappa shape index (κ3) is 4.35. The Balaban J connectivity index is 2.00. The average molecular weight is 312 g/mol. The molecule has 1 atom stereocenters. The Morgan fingerprint density at radius 3 is 2.86 bits per heavy atom. The zero-order valence-corrected chi connectivity index (χ0v) is 13.5. The van der Waals surface area contributed by atoms with Crippen molar-refractivity contribution in [3.8, 4) is 5.75 Å². The molecule has 1 aromatic carbocycles. The van der Waals surface area contributed by atoms with Crippen LogP contribution in [0.25, 0.3) is 0 Å². The van der Waals surface area contributed by atoms with E-state index in [2.05, 4.69) is 5.32 Å². The standard InChI is InChI=1S/C15H24N2O3S/c1-17(14-7-5-8-15(12-14)20-2)21(18,19)11-9-13-6-3-4-10-16-13/h5,7-8,12-13,16H,3-4,6,9-11H2,1-2H3. The summed E-state index contributed by atoms with van der Waals surface area (Å²) in [6.45, 7) is 0.996. The van der Waals surface area contributed by atoms with Crippen molar-refractivity contribution in [1.82, 2.24) is 5.32 Å². The first-order valence-electron chi connectivity index (χ1n) is 7.37. The van der Waals surface area contributed by atoms with Crippen molar-refractivity contribution >= 4 is 15.7 Å². The average Bonchev–Trinajstić information content (AvgIpc) is 2.53. The minimum atomic E-state index is -3.30. The lowest BCUT2D eigenvalue weighted by atomic mass is 10.0. The van der Waals surface area contributed by atoms with Gasteiger partial charge in [-0.15, -0.1) is 0 Å². The minimum absolute atomic E-state index is 0.165. The number of anilines is 1. The Bertz CT molecular complexity index is 554. The largest absolute Gasteiger partial charge is 0.497 e. The number of nitrogens with one attached hydrogen (secondary N) is 1. The van der Waals surface area contributed by atoms with E-state index in [1.807, 2.05) is 0 Å². The Kier molecular flexibility index (Phi) is 5.47. The van der Waals surface area contributed by atoms with E-state index in [9.17, 15) is 8.42 Å². The summed E-state index contributed by atoms with van der Waals surface area (Å²) in [6.07, 6.45) is 4.10. The lowest BCUT2D eigenvalue weighted by Gasteiger charge is -2.25. The van der Waals surface area contributed by atoms with E-state index in [1.54, 1.807) is 38.4 Å². The van der Waals surface area contributed by atoms with E-state index in [4.69, 9.17) is 4.74 Å². The number of piperidine rings is 1. The molecule has 21 heavy (non-hydrogen) atoms. The zero-order valence-electron chi connectivity index (χ0n) is 12.7. The fraction of sp³-hybridized carbons (Fsp3) is 0.600. The van der Waals surface area contributed by atoms with Crippen LogP contribution in [0.5, 0.6) is 5.75 Å². The molecule has 0 saturated carbocycles. The summed E-state index contributed by atoms with van der Waals surface area (Å²) in [5.74, 6) is 0.821. The van der Waals surface area contributed by atoms with Gasteiger partial charge in [-0.1, -0.05) is 12.5 Å². The number of ether oxygens (including phenoxy) is 1. The number of methoxy groups -OCH3 is 1. The van der Waals surface area contributed by atoms with Crippen LogP contribution < -0.4 is 14.4 Å². The van der Waals surface area contributed by atoms with Gasteiger partial charge in [-0.3, -0.25) is 4.31 Å². The summed E-state index contributed by atoms with van der Waals surface area (Å²) in [5.41, 5.74) is 0.631. The fourth-order valence-corrected chi connectivity index (χ4v) is 3.86. The smallest absolute Gasteiger partial charge is 0.234 e. The number of benzene rings is 1. The van der Waals surface area contributed by atoms with Crippen LogP contribution in [0.2, 0.25) is 0 Å². The third-order valence-electron chi connectivity index (χ3n) is 3.97. The van der Waals surface area contributed by atoms with E-state index in [1.165, 1.54) is 17.1 Å². The highest BCUT2D eigenvalue weighted by molar-refractivity contribution is 7.92. The predicted molar refractivity (Wildman–Crippen MR) is 85.4 cm³/mol. The van der Waals surface area contributed by atoms with Gasteiger partial charge in [0.1, 0.15) is 5.75 Å². The molecule has 0 radical (unpaired) electrons. The van der Waals surface area contributed by atoms with Gasteiger partial charge in [-0.2, -0.15) is 0 Å². The van der Waals surface area contributed by atoms with Crippen molar-refractivity contribution in [3.63, 3.8) is 0 Å². The van der Waals surface area contributed by atoms with Crippen molar-refractivity contribution < 1.29 is 13.2 Å². The Hall–Kier alpha value is -1.27. The molecule has 0 amide bonds. The summed E-state index contributed by atoms with van der Waals surface area (Å²) in [4.78, 5) is 0. The van der Waals surface area contributed by atoms with Gasteiger partial charge < -0.3 is 10.1 Å². The van der Waals surface area contributed by atoms with Gasteiger partial charge in [0.15, 0.2) is 0 Å². The summed E-state index contributed by atoms with van der Waals surface area (Å²) in [5, 5.41) is 3.39. The molecule has 1 unspecified atom stereocenters. The Labute approximate surface area is 127 Å². The molecule has 1 aromatic rings. The van der Waals surface area contributed by atoms with Gasteiger partial charge in [0, 0.05) is 19.2 Å². The first-order valence-corrected chi connectivity index (χ1v) is 8.98. The van der Waals surface area contributed by atoms with Crippen LogP contribution in [-0.4, -0.2) is 40.9 Å². The molecule has 0 aliphatic carbocycles. The maximum absolute atomic E-state index is 12.4.